The van der Waals surface area contributed by atoms with Gasteiger partial charge in [0.15, 0.2) is 0 Å². The Morgan fingerprint density at radius 1 is 1.62 bits per heavy atom. The summed E-state index contributed by atoms with van der Waals surface area (Å²) in [5.41, 5.74) is 0. The van der Waals surface area contributed by atoms with Crippen LogP contribution in [0.1, 0.15) is 13.3 Å². The Morgan fingerprint density at radius 3 is 3.00 bits per heavy atom. The van der Waals surface area contributed by atoms with Gasteiger partial charge in [-0.05, 0) is 19.0 Å². The molecule has 0 saturated heterocycles. The number of hydrogen-bond donors (Lipinski definition) is 2. The van der Waals surface area contributed by atoms with E-state index in [1.165, 1.54) is 0 Å². The summed E-state index contributed by atoms with van der Waals surface area (Å²) in [6.45, 7) is 4.03. The van der Waals surface area contributed by atoms with Crippen molar-refractivity contribution in [3.63, 3.8) is 0 Å². The van der Waals surface area contributed by atoms with Gasteiger partial charge < -0.3 is 10.4 Å². The van der Waals surface area contributed by atoms with Crippen molar-refractivity contribution in [2.45, 2.75) is 25.9 Å². The lowest BCUT2D eigenvalue weighted by Crippen LogP contribution is -2.34. The SMILES string of the molecule is CCNC(CCO)Cn1cccn1. The number of rotatable bonds is 6. The van der Waals surface area contributed by atoms with Gasteiger partial charge in [0, 0.05) is 25.0 Å². The second-order valence-electron chi connectivity index (χ2n) is 2.99. The fraction of sp³-hybridized carbons (Fsp3) is 0.667. The van der Waals surface area contributed by atoms with E-state index >= 15 is 0 Å². The topological polar surface area (TPSA) is 50.1 Å². The lowest BCUT2D eigenvalue weighted by molar-refractivity contribution is 0.255. The molecule has 1 aromatic heterocycles. The highest BCUT2D eigenvalue weighted by Crippen LogP contribution is 1.95. The van der Waals surface area contributed by atoms with Crippen LogP contribution < -0.4 is 5.32 Å². The maximum atomic E-state index is 8.82. The lowest BCUT2D eigenvalue weighted by Gasteiger charge is -2.16. The number of aromatic nitrogens is 2. The average Bonchev–Trinajstić information content (AvgIpc) is 2.58. The second-order valence-corrected chi connectivity index (χ2v) is 2.99. The van der Waals surface area contributed by atoms with E-state index in [-0.39, 0.29) is 6.61 Å². The molecule has 1 rings (SSSR count). The molecule has 0 radical (unpaired) electrons. The zero-order valence-electron chi connectivity index (χ0n) is 7.98. The summed E-state index contributed by atoms with van der Waals surface area (Å²) in [7, 11) is 0. The van der Waals surface area contributed by atoms with Crippen LogP contribution in [0.15, 0.2) is 18.5 Å². The van der Waals surface area contributed by atoms with Gasteiger partial charge >= 0.3 is 0 Å². The average molecular weight is 183 g/mol. The molecule has 2 N–H and O–H groups in total. The Bertz CT molecular complexity index is 205. The van der Waals surface area contributed by atoms with Crippen LogP contribution in [-0.2, 0) is 6.54 Å². The first-order valence-corrected chi connectivity index (χ1v) is 4.68. The van der Waals surface area contributed by atoms with E-state index in [4.69, 9.17) is 5.11 Å². The largest absolute Gasteiger partial charge is 0.396 e. The highest BCUT2D eigenvalue weighted by atomic mass is 16.3. The van der Waals surface area contributed by atoms with Crippen molar-refractivity contribution < 1.29 is 5.11 Å². The zero-order chi connectivity index (χ0) is 9.52. The molecule has 1 unspecified atom stereocenters. The Labute approximate surface area is 78.6 Å². The summed E-state index contributed by atoms with van der Waals surface area (Å²) < 4.78 is 1.88. The maximum absolute atomic E-state index is 8.82. The van der Waals surface area contributed by atoms with Gasteiger partial charge in [0.05, 0.1) is 6.54 Å². The van der Waals surface area contributed by atoms with Crippen LogP contribution in [-0.4, -0.2) is 34.1 Å². The van der Waals surface area contributed by atoms with Crippen molar-refractivity contribution in [3.05, 3.63) is 18.5 Å². The van der Waals surface area contributed by atoms with E-state index in [1.54, 1.807) is 6.20 Å². The molecular formula is C9H17N3O. The number of likely N-dealkylation sites (N-methyl/N-ethyl adjacent to an activating group) is 1. The highest BCUT2D eigenvalue weighted by Gasteiger charge is 2.06. The van der Waals surface area contributed by atoms with Gasteiger partial charge in [0.1, 0.15) is 0 Å². The van der Waals surface area contributed by atoms with Gasteiger partial charge in [-0.2, -0.15) is 5.10 Å². The minimum absolute atomic E-state index is 0.221. The van der Waals surface area contributed by atoms with E-state index in [1.807, 2.05) is 16.9 Å². The molecular weight excluding hydrogens is 166 g/mol. The Hall–Kier alpha value is -0.870. The first-order valence-electron chi connectivity index (χ1n) is 4.68. The molecule has 0 aliphatic rings. The highest BCUT2D eigenvalue weighted by molar-refractivity contribution is 4.79. The van der Waals surface area contributed by atoms with Crippen molar-refractivity contribution in [2.75, 3.05) is 13.2 Å². The van der Waals surface area contributed by atoms with Crippen LogP contribution in [0.5, 0.6) is 0 Å². The van der Waals surface area contributed by atoms with Gasteiger partial charge in [-0.3, -0.25) is 4.68 Å². The molecule has 74 valence electrons. The van der Waals surface area contributed by atoms with E-state index < -0.39 is 0 Å². The molecule has 1 heterocycles. The number of aliphatic hydroxyl groups is 1. The molecule has 4 heteroatoms. The summed E-state index contributed by atoms with van der Waals surface area (Å²) in [5, 5.41) is 16.2. The second kappa shape index (κ2) is 5.72. The summed E-state index contributed by atoms with van der Waals surface area (Å²) in [5.74, 6) is 0. The minimum atomic E-state index is 0.221. The third kappa shape index (κ3) is 3.57. The van der Waals surface area contributed by atoms with E-state index in [9.17, 15) is 0 Å². The van der Waals surface area contributed by atoms with E-state index in [0.717, 1.165) is 19.5 Å². The molecule has 13 heavy (non-hydrogen) atoms. The predicted octanol–water partition coefficient (Wildman–Crippen LogP) is 0.244. The summed E-state index contributed by atoms with van der Waals surface area (Å²) >= 11 is 0. The van der Waals surface area contributed by atoms with Crippen LogP contribution in [0.3, 0.4) is 0 Å². The summed E-state index contributed by atoms with van der Waals surface area (Å²) in [6, 6.07) is 2.22. The Balaban J connectivity index is 2.37. The molecule has 1 atom stereocenters. The first kappa shape index (κ1) is 10.2. The number of nitrogens with zero attached hydrogens (tertiary/aromatic N) is 2. The predicted molar refractivity (Wildman–Crippen MR) is 51.4 cm³/mol. The smallest absolute Gasteiger partial charge is 0.0563 e. The Morgan fingerprint density at radius 2 is 2.46 bits per heavy atom. The normalized spacial score (nSPS) is 13.1. The molecule has 0 aliphatic carbocycles. The van der Waals surface area contributed by atoms with Crippen LogP contribution in [0.2, 0.25) is 0 Å². The van der Waals surface area contributed by atoms with Gasteiger partial charge in [0.25, 0.3) is 0 Å². The molecule has 1 aromatic rings. The van der Waals surface area contributed by atoms with E-state index in [2.05, 4.69) is 17.3 Å². The Kier molecular flexibility index (Phi) is 4.49. The number of nitrogens with one attached hydrogen (secondary N) is 1. The van der Waals surface area contributed by atoms with Crippen LogP contribution in [0.4, 0.5) is 0 Å². The third-order valence-corrected chi connectivity index (χ3v) is 1.94. The van der Waals surface area contributed by atoms with Crippen LogP contribution >= 0.6 is 0 Å². The number of hydrogen-bond acceptors (Lipinski definition) is 3. The van der Waals surface area contributed by atoms with Gasteiger partial charge in [-0.25, -0.2) is 0 Å². The minimum Gasteiger partial charge on any atom is -0.396 e. The zero-order valence-corrected chi connectivity index (χ0v) is 7.98. The summed E-state index contributed by atoms with van der Waals surface area (Å²) in [6.07, 6.45) is 4.47. The van der Waals surface area contributed by atoms with Gasteiger partial charge in [-0.1, -0.05) is 6.92 Å². The third-order valence-electron chi connectivity index (χ3n) is 1.94. The maximum Gasteiger partial charge on any atom is 0.0563 e. The van der Waals surface area contributed by atoms with Gasteiger partial charge in [-0.15, -0.1) is 0 Å². The van der Waals surface area contributed by atoms with Crippen molar-refractivity contribution in [3.8, 4) is 0 Å². The molecule has 0 bridgehead atoms. The molecule has 4 nitrogen and oxygen atoms in total. The fourth-order valence-corrected chi connectivity index (χ4v) is 1.34. The van der Waals surface area contributed by atoms with Crippen molar-refractivity contribution in [2.24, 2.45) is 0 Å². The molecule has 0 aromatic carbocycles. The summed E-state index contributed by atoms with van der Waals surface area (Å²) in [4.78, 5) is 0. The monoisotopic (exact) mass is 183 g/mol. The molecule has 0 amide bonds. The van der Waals surface area contributed by atoms with Crippen molar-refractivity contribution >= 4 is 0 Å². The molecule has 0 aliphatic heterocycles. The quantitative estimate of drug-likeness (QED) is 0.664. The standard InChI is InChI=1S/C9H17N3O/c1-2-10-9(4-7-13)8-12-6-3-5-11-12/h3,5-6,9-10,13H,2,4,7-8H2,1H3. The van der Waals surface area contributed by atoms with Crippen molar-refractivity contribution in [1.82, 2.24) is 15.1 Å². The van der Waals surface area contributed by atoms with Gasteiger partial charge in [0.2, 0.25) is 0 Å². The number of aliphatic hydroxyl groups excluding tert-OH is 1. The van der Waals surface area contributed by atoms with Crippen LogP contribution in [0.25, 0.3) is 0 Å². The first-order chi connectivity index (χ1) is 6.36. The molecule has 0 fully saturated rings. The molecule has 0 saturated carbocycles. The van der Waals surface area contributed by atoms with E-state index in [0.29, 0.717) is 6.04 Å². The fourth-order valence-electron chi connectivity index (χ4n) is 1.34. The lowest BCUT2D eigenvalue weighted by atomic mass is 10.2. The van der Waals surface area contributed by atoms with Crippen molar-refractivity contribution in [1.29, 1.82) is 0 Å². The van der Waals surface area contributed by atoms with Crippen LogP contribution in [0, 0.1) is 0 Å². The molecule has 0 spiro atoms.